The molecular weight excluding hydrogens is 245 g/mol. The van der Waals surface area contributed by atoms with Crippen molar-refractivity contribution in [2.24, 2.45) is 0 Å². The van der Waals surface area contributed by atoms with E-state index in [1.165, 1.54) is 24.5 Å². The molecule has 0 atom stereocenters. The molecule has 3 aromatic rings. The summed E-state index contributed by atoms with van der Waals surface area (Å²) in [6.45, 7) is 0. The number of hydrogen-bond donors (Lipinski definition) is 1. The number of aromatic nitrogens is 1. The number of benzene rings is 2. The Morgan fingerprint density at radius 3 is 2.53 bits per heavy atom. The lowest BCUT2D eigenvalue weighted by molar-refractivity contribution is 0.471. The highest BCUT2D eigenvalue weighted by Crippen LogP contribution is 2.32. The molecule has 0 amide bonds. The minimum atomic E-state index is -0.534. The Hall–Kier alpha value is -2.62. The number of hydrogen-bond acceptors (Lipinski definition) is 3. The van der Waals surface area contributed by atoms with E-state index in [-0.39, 0.29) is 17.0 Å². The van der Waals surface area contributed by atoms with Gasteiger partial charge in [0.05, 0.1) is 5.56 Å². The van der Waals surface area contributed by atoms with Gasteiger partial charge in [0.2, 0.25) is 5.89 Å². The first kappa shape index (κ1) is 11.5. The van der Waals surface area contributed by atoms with Crippen LogP contribution >= 0.6 is 0 Å². The molecular formula is C15H10FNO2. The highest BCUT2D eigenvalue weighted by Gasteiger charge is 2.15. The summed E-state index contributed by atoms with van der Waals surface area (Å²) >= 11 is 0. The average Bonchev–Trinajstić information content (AvgIpc) is 2.89. The minimum absolute atomic E-state index is 0.0495. The van der Waals surface area contributed by atoms with Crippen molar-refractivity contribution in [2.75, 3.05) is 0 Å². The van der Waals surface area contributed by atoms with Crippen molar-refractivity contribution in [2.45, 2.75) is 0 Å². The number of nitrogens with zero attached hydrogens (tertiary/aromatic N) is 1. The van der Waals surface area contributed by atoms with Crippen LogP contribution in [-0.4, -0.2) is 10.1 Å². The molecule has 94 valence electrons. The van der Waals surface area contributed by atoms with Crippen LogP contribution in [0.15, 0.2) is 59.2 Å². The molecule has 0 aliphatic rings. The van der Waals surface area contributed by atoms with E-state index in [1.54, 1.807) is 0 Å². The van der Waals surface area contributed by atoms with Crippen LogP contribution in [0, 0.1) is 5.82 Å². The quantitative estimate of drug-likeness (QED) is 0.756. The van der Waals surface area contributed by atoms with E-state index in [4.69, 9.17) is 4.42 Å². The fourth-order valence-corrected chi connectivity index (χ4v) is 1.87. The number of halogens is 1. The standard InChI is InChI=1S/C15H10FNO2/c16-11-7-4-8-13(18)14(11)12-9-19-15(17-12)10-5-2-1-3-6-10/h1-9,18H. The molecule has 4 heteroatoms. The number of phenolic OH excluding ortho intramolecular Hbond substituents is 1. The van der Waals surface area contributed by atoms with Gasteiger partial charge in [0.15, 0.2) is 0 Å². The molecule has 0 unspecified atom stereocenters. The van der Waals surface area contributed by atoms with Crippen LogP contribution in [0.2, 0.25) is 0 Å². The van der Waals surface area contributed by atoms with Crippen LogP contribution in [0.1, 0.15) is 0 Å². The molecule has 19 heavy (non-hydrogen) atoms. The lowest BCUT2D eigenvalue weighted by atomic mass is 10.1. The molecule has 0 aliphatic carbocycles. The number of phenols is 1. The first-order valence-corrected chi connectivity index (χ1v) is 5.74. The Labute approximate surface area is 109 Å². The Morgan fingerprint density at radius 2 is 1.79 bits per heavy atom. The van der Waals surface area contributed by atoms with Crippen LogP contribution < -0.4 is 0 Å². The minimum Gasteiger partial charge on any atom is -0.507 e. The highest BCUT2D eigenvalue weighted by atomic mass is 19.1. The number of rotatable bonds is 2. The van der Waals surface area contributed by atoms with Gasteiger partial charge in [-0.1, -0.05) is 24.3 Å². The van der Waals surface area contributed by atoms with E-state index >= 15 is 0 Å². The molecule has 2 aromatic carbocycles. The molecule has 0 bridgehead atoms. The van der Waals surface area contributed by atoms with Gasteiger partial charge in [-0.2, -0.15) is 0 Å². The predicted octanol–water partition coefficient (Wildman–Crippen LogP) is 3.85. The van der Waals surface area contributed by atoms with Crippen molar-refractivity contribution in [1.82, 2.24) is 4.98 Å². The molecule has 3 nitrogen and oxygen atoms in total. The Bertz CT molecular complexity index is 687. The monoisotopic (exact) mass is 255 g/mol. The van der Waals surface area contributed by atoms with Crippen LogP contribution in [0.4, 0.5) is 4.39 Å². The Morgan fingerprint density at radius 1 is 1.00 bits per heavy atom. The summed E-state index contributed by atoms with van der Waals surface area (Å²) in [4.78, 5) is 4.21. The van der Waals surface area contributed by atoms with E-state index in [0.29, 0.717) is 5.89 Å². The summed E-state index contributed by atoms with van der Waals surface area (Å²) in [5.74, 6) is -0.306. The van der Waals surface area contributed by atoms with Crippen molar-refractivity contribution in [3.63, 3.8) is 0 Å². The molecule has 0 fully saturated rings. The van der Waals surface area contributed by atoms with Crippen molar-refractivity contribution in [1.29, 1.82) is 0 Å². The van der Waals surface area contributed by atoms with Gasteiger partial charge in [0, 0.05) is 5.56 Å². The van der Waals surface area contributed by atoms with Crippen LogP contribution in [0.3, 0.4) is 0 Å². The fraction of sp³-hybridized carbons (Fsp3) is 0. The normalized spacial score (nSPS) is 10.6. The maximum atomic E-state index is 13.7. The summed E-state index contributed by atoms with van der Waals surface area (Å²) in [7, 11) is 0. The van der Waals surface area contributed by atoms with Crippen molar-refractivity contribution < 1.29 is 13.9 Å². The number of oxazole rings is 1. The molecule has 0 aliphatic heterocycles. The Balaban J connectivity index is 2.07. The Kier molecular flexibility index (Phi) is 2.76. The lowest BCUT2D eigenvalue weighted by Crippen LogP contribution is -1.85. The summed E-state index contributed by atoms with van der Waals surface area (Å²) in [6, 6.07) is 13.4. The maximum absolute atomic E-state index is 13.7. The van der Waals surface area contributed by atoms with Gasteiger partial charge in [-0.25, -0.2) is 9.37 Å². The van der Waals surface area contributed by atoms with Gasteiger partial charge in [-0.05, 0) is 24.3 Å². The second kappa shape index (κ2) is 4.57. The average molecular weight is 255 g/mol. The zero-order chi connectivity index (χ0) is 13.2. The van der Waals surface area contributed by atoms with E-state index in [0.717, 1.165) is 5.56 Å². The summed E-state index contributed by atoms with van der Waals surface area (Å²) < 4.78 is 19.0. The SMILES string of the molecule is Oc1cccc(F)c1-c1coc(-c2ccccc2)n1. The lowest BCUT2D eigenvalue weighted by Gasteiger charge is -2.01. The molecule has 1 aromatic heterocycles. The molecule has 0 saturated carbocycles. The second-order valence-corrected chi connectivity index (χ2v) is 4.04. The third-order valence-corrected chi connectivity index (χ3v) is 2.77. The number of aromatic hydroxyl groups is 1. The van der Waals surface area contributed by atoms with Gasteiger partial charge in [-0.15, -0.1) is 0 Å². The van der Waals surface area contributed by atoms with Crippen LogP contribution in [-0.2, 0) is 0 Å². The first-order chi connectivity index (χ1) is 9.25. The van der Waals surface area contributed by atoms with Crippen LogP contribution in [0.25, 0.3) is 22.7 Å². The van der Waals surface area contributed by atoms with Gasteiger partial charge >= 0.3 is 0 Å². The predicted molar refractivity (Wildman–Crippen MR) is 69.0 cm³/mol. The van der Waals surface area contributed by atoms with Gasteiger partial charge < -0.3 is 9.52 Å². The van der Waals surface area contributed by atoms with Gasteiger partial charge in [0.1, 0.15) is 23.5 Å². The zero-order valence-corrected chi connectivity index (χ0v) is 9.88. The van der Waals surface area contributed by atoms with E-state index < -0.39 is 5.82 Å². The summed E-state index contributed by atoms with van der Waals surface area (Å²) in [5.41, 5.74) is 1.12. The third-order valence-electron chi connectivity index (χ3n) is 2.77. The van der Waals surface area contributed by atoms with E-state index in [1.807, 2.05) is 30.3 Å². The van der Waals surface area contributed by atoms with Gasteiger partial charge in [-0.3, -0.25) is 0 Å². The zero-order valence-electron chi connectivity index (χ0n) is 9.88. The smallest absolute Gasteiger partial charge is 0.226 e. The molecule has 3 rings (SSSR count). The van der Waals surface area contributed by atoms with Crippen molar-refractivity contribution in [3.05, 3.63) is 60.6 Å². The molecule has 1 N–H and O–H groups in total. The van der Waals surface area contributed by atoms with Gasteiger partial charge in [0.25, 0.3) is 0 Å². The van der Waals surface area contributed by atoms with E-state index in [2.05, 4.69) is 4.98 Å². The summed E-state index contributed by atoms with van der Waals surface area (Å²) in [6.07, 6.45) is 1.33. The third kappa shape index (κ3) is 2.08. The summed E-state index contributed by atoms with van der Waals surface area (Å²) in [5, 5.41) is 9.70. The molecule has 1 heterocycles. The molecule has 0 radical (unpaired) electrons. The second-order valence-electron chi connectivity index (χ2n) is 4.04. The highest BCUT2D eigenvalue weighted by molar-refractivity contribution is 5.68. The topological polar surface area (TPSA) is 46.3 Å². The van der Waals surface area contributed by atoms with E-state index in [9.17, 15) is 9.50 Å². The molecule has 0 spiro atoms. The van der Waals surface area contributed by atoms with Crippen molar-refractivity contribution in [3.8, 4) is 28.5 Å². The first-order valence-electron chi connectivity index (χ1n) is 5.74. The van der Waals surface area contributed by atoms with Crippen molar-refractivity contribution >= 4 is 0 Å². The fourth-order valence-electron chi connectivity index (χ4n) is 1.87. The molecule has 0 saturated heterocycles. The maximum Gasteiger partial charge on any atom is 0.226 e. The van der Waals surface area contributed by atoms with Crippen LogP contribution in [0.5, 0.6) is 5.75 Å². The largest absolute Gasteiger partial charge is 0.507 e.